The summed E-state index contributed by atoms with van der Waals surface area (Å²) < 4.78 is 0. The van der Waals surface area contributed by atoms with Crippen LogP contribution in [-0.4, -0.2) is 39.5 Å². The molecule has 0 spiro atoms. The van der Waals surface area contributed by atoms with Crippen LogP contribution in [0.25, 0.3) is 0 Å². The molecule has 19 heavy (non-hydrogen) atoms. The number of hydrogen-bond donors (Lipinski definition) is 2. The quantitative estimate of drug-likeness (QED) is 0.879. The highest BCUT2D eigenvalue weighted by Gasteiger charge is 2.15. The summed E-state index contributed by atoms with van der Waals surface area (Å²) in [6, 6.07) is 2.83. The van der Waals surface area contributed by atoms with Crippen molar-refractivity contribution in [1.82, 2.24) is 10.3 Å². The smallest absolute Gasteiger partial charge is 0.354 e. The minimum atomic E-state index is -1.09. The molecular weight excluding hydrogens is 264 g/mol. The van der Waals surface area contributed by atoms with E-state index >= 15 is 0 Å². The Bertz CT molecular complexity index is 455. The molecule has 6 heteroatoms. The van der Waals surface area contributed by atoms with E-state index in [0.29, 0.717) is 17.4 Å². The Morgan fingerprint density at radius 1 is 1.42 bits per heavy atom. The summed E-state index contributed by atoms with van der Waals surface area (Å²) in [5.41, 5.74) is 0.338. The number of aromatic carboxylic acids is 1. The van der Waals surface area contributed by atoms with E-state index in [1.54, 1.807) is 0 Å². The van der Waals surface area contributed by atoms with E-state index in [-0.39, 0.29) is 11.6 Å². The summed E-state index contributed by atoms with van der Waals surface area (Å²) >= 11 is 1.90. The van der Waals surface area contributed by atoms with Crippen LogP contribution in [0.2, 0.25) is 0 Å². The van der Waals surface area contributed by atoms with Gasteiger partial charge in [0, 0.05) is 18.0 Å². The molecule has 1 fully saturated rings. The van der Waals surface area contributed by atoms with E-state index in [4.69, 9.17) is 5.11 Å². The molecule has 2 N–H and O–H groups in total. The Morgan fingerprint density at radius 3 is 2.84 bits per heavy atom. The van der Waals surface area contributed by atoms with Crippen LogP contribution in [0.5, 0.6) is 0 Å². The zero-order valence-corrected chi connectivity index (χ0v) is 11.3. The number of carboxylic acid groups (broad SMARTS) is 1. The van der Waals surface area contributed by atoms with Gasteiger partial charge >= 0.3 is 5.97 Å². The first kappa shape index (κ1) is 13.9. The summed E-state index contributed by atoms with van der Waals surface area (Å²) in [7, 11) is 0. The summed E-state index contributed by atoms with van der Waals surface area (Å²) in [5, 5.41) is 12.1. The van der Waals surface area contributed by atoms with E-state index in [2.05, 4.69) is 10.3 Å². The third-order valence-electron chi connectivity index (χ3n) is 3.01. The van der Waals surface area contributed by atoms with Gasteiger partial charge in [-0.05, 0) is 30.7 Å². The number of hydrogen-bond acceptors (Lipinski definition) is 4. The fourth-order valence-electron chi connectivity index (χ4n) is 1.93. The standard InChI is InChI=1S/C13H16N2O3S/c16-12(15-8-10-3-1-2-6-19-10)9-4-5-11(13(17)18)14-7-9/h4-5,7,10H,1-3,6,8H2,(H,15,16)(H,17,18). The van der Waals surface area contributed by atoms with Crippen LogP contribution in [-0.2, 0) is 0 Å². The van der Waals surface area contributed by atoms with Crippen LogP contribution in [0.1, 0.15) is 40.1 Å². The third-order valence-corrected chi connectivity index (χ3v) is 4.41. The molecule has 1 unspecified atom stereocenters. The van der Waals surface area contributed by atoms with E-state index in [1.165, 1.54) is 31.2 Å². The maximum absolute atomic E-state index is 11.9. The molecule has 1 atom stereocenters. The fourth-order valence-corrected chi connectivity index (χ4v) is 3.17. The summed E-state index contributed by atoms with van der Waals surface area (Å²) in [6.45, 7) is 0.657. The molecule has 0 aliphatic carbocycles. The van der Waals surface area contributed by atoms with Crippen molar-refractivity contribution in [3.63, 3.8) is 0 Å². The number of nitrogens with one attached hydrogen (secondary N) is 1. The van der Waals surface area contributed by atoms with Gasteiger partial charge in [0.05, 0.1) is 5.56 Å². The molecule has 0 radical (unpaired) electrons. The van der Waals surface area contributed by atoms with Crippen molar-refractivity contribution in [2.75, 3.05) is 12.3 Å². The van der Waals surface area contributed by atoms with Gasteiger partial charge in [-0.1, -0.05) is 6.42 Å². The molecule has 1 aliphatic rings. The van der Waals surface area contributed by atoms with E-state index < -0.39 is 5.97 Å². The Balaban J connectivity index is 1.86. The molecular formula is C13H16N2O3S. The number of rotatable bonds is 4. The van der Waals surface area contributed by atoms with Crippen molar-refractivity contribution in [3.05, 3.63) is 29.6 Å². The Morgan fingerprint density at radius 2 is 2.26 bits per heavy atom. The van der Waals surface area contributed by atoms with Gasteiger partial charge in [-0.3, -0.25) is 4.79 Å². The molecule has 1 saturated heterocycles. The number of thioether (sulfide) groups is 1. The summed E-state index contributed by atoms with van der Waals surface area (Å²) in [4.78, 5) is 26.2. The molecule has 1 aliphatic heterocycles. The predicted molar refractivity (Wildman–Crippen MR) is 73.6 cm³/mol. The number of amides is 1. The van der Waals surface area contributed by atoms with Crippen molar-refractivity contribution in [3.8, 4) is 0 Å². The Labute approximate surface area is 115 Å². The molecule has 2 rings (SSSR count). The molecule has 2 heterocycles. The van der Waals surface area contributed by atoms with Crippen LogP contribution in [0, 0.1) is 0 Å². The predicted octanol–water partition coefficient (Wildman–Crippen LogP) is 1.80. The average molecular weight is 280 g/mol. The highest BCUT2D eigenvalue weighted by molar-refractivity contribution is 7.99. The van der Waals surface area contributed by atoms with Gasteiger partial charge in [-0.15, -0.1) is 0 Å². The average Bonchev–Trinajstić information content (AvgIpc) is 2.46. The van der Waals surface area contributed by atoms with Crippen molar-refractivity contribution >= 4 is 23.6 Å². The van der Waals surface area contributed by atoms with Crippen LogP contribution in [0.15, 0.2) is 18.3 Å². The molecule has 102 valence electrons. The minimum absolute atomic E-state index is 0.0561. The maximum atomic E-state index is 11.9. The summed E-state index contributed by atoms with van der Waals surface area (Å²) in [6.07, 6.45) is 4.92. The molecule has 1 aromatic rings. The van der Waals surface area contributed by atoms with Crippen LogP contribution >= 0.6 is 11.8 Å². The van der Waals surface area contributed by atoms with Crippen LogP contribution in [0.4, 0.5) is 0 Å². The first-order valence-electron chi connectivity index (χ1n) is 6.26. The van der Waals surface area contributed by atoms with E-state index in [1.807, 2.05) is 11.8 Å². The number of carbonyl (C=O) groups excluding carboxylic acids is 1. The monoisotopic (exact) mass is 280 g/mol. The number of nitrogens with zero attached hydrogens (tertiary/aromatic N) is 1. The van der Waals surface area contributed by atoms with Crippen LogP contribution in [0.3, 0.4) is 0 Å². The molecule has 5 nitrogen and oxygen atoms in total. The van der Waals surface area contributed by atoms with Gasteiger partial charge in [0.15, 0.2) is 0 Å². The zero-order valence-electron chi connectivity index (χ0n) is 10.5. The first-order chi connectivity index (χ1) is 9.16. The van der Waals surface area contributed by atoms with Gasteiger partial charge in [-0.2, -0.15) is 11.8 Å². The van der Waals surface area contributed by atoms with E-state index in [0.717, 1.165) is 12.2 Å². The Hall–Kier alpha value is -1.56. The normalized spacial score (nSPS) is 18.8. The highest BCUT2D eigenvalue weighted by atomic mass is 32.2. The number of aromatic nitrogens is 1. The number of carboxylic acids is 1. The Kier molecular flexibility index (Phi) is 4.79. The molecule has 0 aromatic carbocycles. The van der Waals surface area contributed by atoms with E-state index in [9.17, 15) is 9.59 Å². The second-order valence-corrected chi connectivity index (χ2v) is 5.84. The van der Waals surface area contributed by atoms with Gasteiger partial charge < -0.3 is 10.4 Å². The first-order valence-corrected chi connectivity index (χ1v) is 7.31. The largest absolute Gasteiger partial charge is 0.477 e. The molecule has 0 bridgehead atoms. The number of pyridine rings is 1. The second kappa shape index (κ2) is 6.56. The van der Waals surface area contributed by atoms with Gasteiger partial charge in [0.1, 0.15) is 5.69 Å². The minimum Gasteiger partial charge on any atom is -0.477 e. The lowest BCUT2D eigenvalue weighted by Gasteiger charge is -2.21. The third kappa shape index (κ3) is 3.96. The van der Waals surface area contributed by atoms with Crippen molar-refractivity contribution in [2.45, 2.75) is 24.5 Å². The van der Waals surface area contributed by atoms with Crippen LogP contribution < -0.4 is 5.32 Å². The summed E-state index contributed by atoms with van der Waals surface area (Å²) in [5.74, 6) is -0.128. The lowest BCUT2D eigenvalue weighted by Crippen LogP contribution is -2.32. The highest BCUT2D eigenvalue weighted by Crippen LogP contribution is 2.24. The van der Waals surface area contributed by atoms with Crippen molar-refractivity contribution < 1.29 is 14.7 Å². The second-order valence-electron chi connectivity index (χ2n) is 4.44. The SMILES string of the molecule is O=C(NCC1CCCCS1)c1ccc(C(=O)O)nc1. The number of carbonyl (C=O) groups is 2. The maximum Gasteiger partial charge on any atom is 0.354 e. The molecule has 1 aromatic heterocycles. The molecule has 0 saturated carbocycles. The van der Waals surface area contributed by atoms with Gasteiger partial charge in [0.2, 0.25) is 0 Å². The van der Waals surface area contributed by atoms with Gasteiger partial charge in [-0.25, -0.2) is 9.78 Å². The van der Waals surface area contributed by atoms with Crippen molar-refractivity contribution in [2.24, 2.45) is 0 Å². The lowest BCUT2D eigenvalue weighted by atomic mass is 10.2. The lowest BCUT2D eigenvalue weighted by molar-refractivity contribution is 0.0689. The van der Waals surface area contributed by atoms with Gasteiger partial charge in [0.25, 0.3) is 5.91 Å². The fraction of sp³-hybridized carbons (Fsp3) is 0.462. The topological polar surface area (TPSA) is 79.3 Å². The zero-order chi connectivity index (χ0) is 13.7. The molecule has 1 amide bonds. The van der Waals surface area contributed by atoms with Crippen molar-refractivity contribution in [1.29, 1.82) is 0 Å².